The smallest absolute Gasteiger partial charge is 0.170 e. The van der Waals surface area contributed by atoms with Crippen LogP contribution in [0.1, 0.15) is 11.1 Å². The van der Waals surface area contributed by atoms with E-state index in [-0.39, 0.29) is 5.84 Å². The lowest BCUT2D eigenvalue weighted by Crippen LogP contribution is -2.24. The van der Waals surface area contributed by atoms with Gasteiger partial charge in [0.25, 0.3) is 0 Å². The van der Waals surface area contributed by atoms with Gasteiger partial charge in [-0.1, -0.05) is 11.2 Å². The third-order valence-corrected chi connectivity index (χ3v) is 3.18. The van der Waals surface area contributed by atoms with E-state index in [0.717, 1.165) is 0 Å². The van der Waals surface area contributed by atoms with Gasteiger partial charge in [0, 0.05) is 25.2 Å². The molecule has 0 radical (unpaired) electrons. The number of likely N-dealkylation sites (tertiary alicyclic amines) is 1. The molecule has 5 N–H and O–H groups in total. The van der Waals surface area contributed by atoms with Gasteiger partial charge in [-0.05, 0) is 17.7 Å². The Bertz CT molecular complexity index is 485. The van der Waals surface area contributed by atoms with Crippen LogP contribution in [-0.2, 0) is 6.54 Å². The van der Waals surface area contributed by atoms with Crippen LogP contribution in [0.2, 0.25) is 0 Å². The molecule has 2 unspecified atom stereocenters. The minimum Gasteiger partial charge on any atom is -0.409 e. The molecule has 1 fully saturated rings. The highest BCUT2D eigenvalue weighted by Crippen LogP contribution is 2.18. The summed E-state index contributed by atoms with van der Waals surface area (Å²) in [5, 5.41) is 30.5. The standard InChI is InChI=1S/C12H16FN3O3/c13-8-2-1-7(9(3-8)12(14)15-19)4-16-5-10(17)11(18)6-16/h1-3,10-11,17-19H,4-6H2,(H2,14,15). The van der Waals surface area contributed by atoms with Crippen molar-refractivity contribution >= 4 is 5.84 Å². The van der Waals surface area contributed by atoms with Gasteiger partial charge in [0.05, 0.1) is 12.2 Å². The summed E-state index contributed by atoms with van der Waals surface area (Å²) in [7, 11) is 0. The van der Waals surface area contributed by atoms with Crippen LogP contribution in [0.15, 0.2) is 23.4 Å². The highest BCUT2D eigenvalue weighted by atomic mass is 19.1. The predicted octanol–water partition coefficient (Wildman–Crippen LogP) is -0.542. The van der Waals surface area contributed by atoms with Gasteiger partial charge in [-0.15, -0.1) is 0 Å². The van der Waals surface area contributed by atoms with E-state index < -0.39 is 18.0 Å². The van der Waals surface area contributed by atoms with Gasteiger partial charge in [-0.2, -0.15) is 0 Å². The maximum absolute atomic E-state index is 13.2. The van der Waals surface area contributed by atoms with E-state index in [1.807, 2.05) is 4.90 Å². The molecule has 6 nitrogen and oxygen atoms in total. The lowest BCUT2D eigenvalue weighted by atomic mass is 10.1. The topological polar surface area (TPSA) is 102 Å². The molecular formula is C12H16FN3O3. The normalized spacial score (nSPS) is 24.9. The maximum atomic E-state index is 13.2. The highest BCUT2D eigenvalue weighted by Gasteiger charge is 2.29. The van der Waals surface area contributed by atoms with E-state index in [0.29, 0.717) is 30.8 Å². The van der Waals surface area contributed by atoms with E-state index in [2.05, 4.69) is 5.16 Å². The zero-order valence-electron chi connectivity index (χ0n) is 10.2. The second-order valence-corrected chi connectivity index (χ2v) is 4.62. The number of rotatable bonds is 3. The Hall–Kier alpha value is -1.70. The van der Waals surface area contributed by atoms with E-state index >= 15 is 0 Å². The average Bonchev–Trinajstić information content (AvgIpc) is 2.69. The zero-order valence-corrected chi connectivity index (χ0v) is 10.2. The molecular weight excluding hydrogens is 253 g/mol. The molecule has 1 aliphatic rings. The summed E-state index contributed by atoms with van der Waals surface area (Å²) in [6.45, 7) is 1.03. The van der Waals surface area contributed by atoms with Crippen molar-refractivity contribution in [1.82, 2.24) is 4.90 Å². The second kappa shape index (κ2) is 5.52. The zero-order chi connectivity index (χ0) is 14.0. The van der Waals surface area contributed by atoms with Gasteiger partial charge < -0.3 is 21.2 Å². The van der Waals surface area contributed by atoms with Crippen molar-refractivity contribution in [3.05, 3.63) is 35.1 Å². The number of hydrogen-bond acceptors (Lipinski definition) is 5. The summed E-state index contributed by atoms with van der Waals surface area (Å²) in [6.07, 6.45) is -1.57. The molecule has 0 saturated carbocycles. The molecule has 0 bridgehead atoms. The number of nitrogens with two attached hydrogens (primary N) is 1. The van der Waals surface area contributed by atoms with E-state index in [9.17, 15) is 14.6 Å². The molecule has 7 heteroatoms. The lowest BCUT2D eigenvalue weighted by Gasteiger charge is -2.17. The summed E-state index contributed by atoms with van der Waals surface area (Å²) in [6, 6.07) is 4.01. The van der Waals surface area contributed by atoms with Crippen LogP contribution >= 0.6 is 0 Å². The maximum Gasteiger partial charge on any atom is 0.170 e. The van der Waals surface area contributed by atoms with E-state index in [4.69, 9.17) is 10.9 Å². The van der Waals surface area contributed by atoms with Gasteiger partial charge >= 0.3 is 0 Å². The first kappa shape index (κ1) is 13.7. The van der Waals surface area contributed by atoms with Crippen LogP contribution in [0.25, 0.3) is 0 Å². The first-order valence-corrected chi connectivity index (χ1v) is 5.86. The summed E-state index contributed by atoms with van der Waals surface area (Å²) in [4.78, 5) is 1.82. The Morgan fingerprint density at radius 2 is 2.00 bits per heavy atom. The molecule has 0 aromatic heterocycles. The third kappa shape index (κ3) is 3.01. The molecule has 0 spiro atoms. The van der Waals surface area contributed by atoms with Crippen LogP contribution in [0.5, 0.6) is 0 Å². The molecule has 2 rings (SSSR count). The SMILES string of the molecule is N/C(=N/O)c1cc(F)ccc1CN1CC(O)C(O)C1. The molecule has 1 saturated heterocycles. The minimum atomic E-state index is -0.784. The Balaban J connectivity index is 2.21. The lowest BCUT2D eigenvalue weighted by molar-refractivity contribution is 0.0572. The summed E-state index contributed by atoms with van der Waals surface area (Å²) >= 11 is 0. The molecule has 104 valence electrons. The summed E-state index contributed by atoms with van der Waals surface area (Å²) < 4.78 is 13.2. The van der Waals surface area contributed by atoms with Crippen molar-refractivity contribution in [3.63, 3.8) is 0 Å². The fraction of sp³-hybridized carbons (Fsp3) is 0.417. The minimum absolute atomic E-state index is 0.171. The molecule has 0 aliphatic carbocycles. The Morgan fingerprint density at radius 1 is 1.37 bits per heavy atom. The number of aliphatic hydroxyl groups excluding tert-OH is 2. The van der Waals surface area contributed by atoms with E-state index in [1.54, 1.807) is 6.07 Å². The third-order valence-electron chi connectivity index (χ3n) is 3.18. The van der Waals surface area contributed by atoms with E-state index in [1.165, 1.54) is 12.1 Å². The number of β-amino-alcohol motifs (C(OH)–C–C–N with tert-alkyl or cyclic N) is 2. The van der Waals surface area contributed by atoms with Crippen LogP contribution in [0, 0.1) is 5.82 Å². The fourth-order valence-corrected chi connectivity index (χ4v) is 2.20. The molecule has 1 aromatic rings. The van der Waals surface area contributed by atoms with Crippen LogP contribution in [-0.4, -0.2) is 51.5 Å². The summed E-state index contributed by atoms with van der Waals surface area (Å²) in [5.41, 5.74) is 6.48. The largest absolute Gasteiger partial charge is 0.409 e. The number of hydrogen-bond donors (Lipinski definition) is 4. The Morgan fingerprint density at radius 3 is 2.58 bits per heavy atom. The molecule has 1 aliphatic heterocycles. The van der Waals surface area contributed by atoms with Crippen molar-refractivity contribution in [2.45, 2.75) is 18.8 Å². The predicted molar refractivity (Wildman–Crippen MR) is 66.2 cm³/mol. The van der Waals surface area contributed by atoms with Crippen LogP contribution in [0.3, 0.4) is 0 Å². The van der Waals surface area contributed by atoms with Gasteiger partial charge in [-0.25, -0.2) is 4.39 Å². The first-order valence-electron chi connectivity index (χ1n) is 5.86. The van der Waals surface area contributed by atoms with Crippen molar-refractivity contribution in [3.8, 4) is 0 Å². The Kier molecular flexibility index (Phi) is 3.98. The number of benzene rings is 1. The molecule has 2 atom stereocenters. The van der Waals surface area contributed by atoms with Crippen LogP contribution < -0.4 is 5.73 Å². The van der Waals surface area contributed by atoms with Crippen molar-refractivity contribution < 1.29 is 19.8 Å². The van der Waals surface area contributed by atoms with Crippen molar-refractivity contribution in [1.29, 1.82) is 0 Å². The number of nitrogens with zero attached hydrogens (tertiary/aromatic N) is 2. The molecule has 1 aromatic carbocycles. The van der Waals surface area contributed by atoms with Crippen molar-refractivity contribution in [2.75, 3.05) is 13.1 Å². The number of oxime groups is 1. The molecule has 19 heavy (non-hydrogen) atoms. The first-order chi connectivity index (χ1) is 9.01. The van der Waals surface area contributed by atoms with Gasteiger partial charge in [-0.3, -0.25) is 4.90 Å². The highest BCUT2D eigenvalue weighted by molar-refractivity contribution is 5.98. The summed E-state index contributed by atoms with van der Waals surface area (Å²) in [5.74, 6) is -0.651. The van der Waals surface area contributed by atoms with Crippen LogP contribution in [0.4, 0.5) is 4.39 Å². The van der Waals surface area contributed by atoms with Gasteiger partial charge in [0.1, 0.15) is 5.82 Å². The number of amidine groups is 1. The average molecular weight is 269 g/mol. The van der Waals surface area contributed by atoms with Gasteiger partial charge in [0.2, 0.25) is 0 Å². The molecule has 1 heterocycles. The van der Waals surface area contributed by atoms with Gasteiger partial charge in [0.15, 0.2) is 5.84 Å². The fourth-order valence-electron chi connectivity index (χ4n) is 2.20. The monoisotopic (exact) mass is 269 g/mol. The quantitative estimate of drug-likeness (QED) is 0.255. The second-order valence-electron chi connectivity index (χ2n) is 4.62. The molecule has 0 amide bonds. The number of halogens is 1. The van der Waals surface area contributed by atoms with Crippen molar-refractivity contribution in [2.24, 2.45) is 10.9 Å². The Labute approximate surface area is 109 Å². The number of aliphatic hydroxyl groups is 2.